The zero-order valence-corrected chi connectivity index (χ0v) is 7.72. The smallest absolute Gasteiger partial charge is 0.338 e. The molecule has 0 bridgehead atoms. The number of carbonyl (C=O) groups excluding carboxylic acids is 1. The molecule has 1 N–H and O–H groups in total. The lowest BCUT2D eigenvalue weighted by atomic mass is 10.2. The summed E-state index contributed by atoms with van der Waals surface area (Å²) in [4.78, 5) is 11.7. The Morgan fingerprint density at radius 2 is 2.42 bits per heavy atom. The zero-order valence-electron chi connectivity index (χ0n) is 6.90. The summed E-state index contributed by atoms with van der Waals surface area (Å²) in [6, 6.07) is 1.64. The van der Waals surface area contributed by atoms with Crippen LogP contribution in [-0.2, 0) is 4.74 Å². The standard InChI is InChI=1S/C8H10O3S/c1-5(9)7-3-6(4-12-7)8(10)11-2/h3-5,9H,1-2H3/t5-/m1/s1. The van der Waals surface area contributed by atoms with Crippen LogP contribution in [0.15, 0.2) is 11.4 Å². The second-order valence-corrected chi connectivity index (χ2v) is 3.35. The average Bonchev–Trinajstić information content (AvgIpc) is 2.51. The number of carbonyl (C=O) groups is 1. The summed E-state index contributed by atoms with van der Waals surface area (Å²) in [6.07, 6.45) is -0.520. The maximum Gasteiger partial charge on any atom is 0.338 e. The van der Waals surface area contributed by atoms with Gasteiger partial charge in [0, 0.05) is 10.3 Å². The van der Waals surface area contributed by atoms with E-state index in [0.29, 0.717) is 5.56 Å². The molecule has 0 spiro atoms. The third-order valence-electron chi connectivity index (χ3n) is 1.45. The Balaban J connectivity index is 2.84. The summed E-state index contributed by atoms with van der Waals surface area (Å²) in [7, 11) is 1.34. The van der Waals surface area contributed by atoms with E-state index in [-0.39, 0.29) is 5.97 Å². The molecule has 0 unspecified atom stereocenters. The van der Waals surface area contributed by atoms with Crippen LogP contribution in [0.3, 0.4) is 0 Å². The van der Waals surface area contributed by atoms with E-state index in [1.165, 1.54) is 18.4 Å². The van der Waals surface area contributed by atoms with E-state index in [1.54, 1.807) is 18.4 Å². The van der Waals surface area contributed by atoms with Gasteiger partial charge in [-0.1, -0.05) is 0 Å². The van der Waals surface area contributed by atoms with E-state index < -0.39 is 6.10 Å². The topological polar surface area (TPSA) is 46.5 Å². The Labute approximate surface area is 74.6 Å². The molecule has 0 aromatic carbocycles. The first-order valence-electron chi connectivity index (χ1n) is 3.50. The van der Waals surface area contributed by atoms with Crippen molar-refractivity contribution in [3.8, 4) is 0 Å². The highest BCUT2D eigenvalue weighted by Crippen LogP contribution is 2.21. The molecule has 3 nitrogen and oxygen atoms in total. The molecule has 0 aliphatic carbocycles. The van der Waals surface area contributed by atoms with Crippen molar-refractivity contribution < 1.29 is 14.6 Å². The van der Waals surface area contributed by atoms with Gasteiger partial charge in [-0.05, 0) is 13.0 Å². The molecule has 1 rings (SSSR count). The molecule has 0 fully saturated rings. The Kier molecular flexibility index (Phi) is 2.83. The third-order valence-corrected chi connectivity index (χ3v) is 2.56. The highest BCUT2D eigenvalue weighted by atomic mass is 32.1. The highest BCUT2D eigenvalue weighted by molar-refractivity contribution is 7.10. The summed E-state index contributed by atoms with van der Waals surface area (Å²) in [5.41, 5.74) is 0.499. The molecule has 1 aromatic rings. The third kappa shape index (κ3) is 1.84. The van der Waals surface area contributed by atoms with E-state index in [2.05, 4.69) is 4.74 Å². The van der Waals surface area contributed by atoms with Gasteiger partial charge in [0.15, 0.2) is 0 Å². The zero-order chi connectivity index (χ0) is 9.14. The predicted molar refractivity (Wildman–Crippen MR) is 46.3 cm³/mol. The number of methoxy groups -OCH3 is 1. The Hall–Kier alpha value is -0.870. The summed E-state index contributed by atoms with van der Waals surface area (Å²) < 4.78 is 4.52. The van der Waals surface area contributed by atoms with Gasteiger partial charge in [0.2, 0.25) is 0 Å². The maximum absolute atomic E-state index is 11.0. The highest BCUT2D eigenvalue weighted by Gasteiger charge is 2.10. The van der Waals surface area contributed by atoms with E-state index in [9.17, 15) is 4.79 Å². The van der Waals surface area contributed by atoms with Crippen molar-refractivity contribution in [2.24, 2.45) is 0 Å². The predicted octanol–water partition coefficient (Wildman–Crippen LogP) is 1.59. The molecule has 0 amide bonds. The molecule has 1 aromatic heterocycles. The van der Waals surface area contributed by atoms with E-state index in [4.69, 9.17) is 5.11 Å². The lowest BCUT2D eigenvalue weighted by molar-refractivity contribution is 0.0601. The van der Waals surface area contributed by atoms with Crippen LogP contribution in [0.5, 0.6) is 0 Å². The monoisotopic (exact) mass is 186 g/mol. The average molecular weight is 186 g/mol. The summed E-state index contributed by atoms with van der Waals surface area (Å²) in [5, 5.41) is 10.8. The molecule has 0 radical (unpaired) electrons. The quantitative estimate of drug-likeness (QED) is 0.713. The number of hydrogen-bond acceptors (Lipinski definition) is 4. The van der Waals surface area contributed by atoms with Crippen molar-refractivity contribution in [3.05, 3.63) is 21.9 Å². The van der Waals surface area contributed by atoms with Crippen LogP contribution >= 0.6 is 11.3 Å². The number of aliphatic hydroxyl groups excluding tert-OH is 1. The molecule has 12 heavy (non-hydrogen) atoms. The SMILES string of the molecule is COC(=O)c1csc([C@@H](C)O)c1. The maximum atomic E-state index is 11.0. The van der Waals surface area contributed by atoms with Gasteiger partial charge in [0.05, 0.1) is 18.8 Å². The van der Waals surface area contributed by atoms with Crippen molar-refractivity contribution >= 4 is 17.3 Å². The number of esters is 1. The lowest BCUT2D eigenvalue weighted by Crippen LogP contribution is -1.98. The number of ether oxygens (including phenoxy) is 1. The van der Waals surface area contributed by atoms with Gasteiger partial charge >= 0.3 is 5.97 Å². The minimum Gasteiger partial charge on any atom is -0.465 e. The Bertz CT molecular complexity index is 278. The first kappa shape index (κ1) is 9.22. The van der Waals surface area contributed by atoms with Gasteiger partial charge in [0.25, 0.3) is 0 Å². The summed E-state index contributed by atoms with van der Waals surface area (Å²) in [5.74, 6) is -0.363. The second-order valence-electron chi connectivity index (χ2n) is 2.41. The fourth-order valence-corrected chi connectivity index (χ4v) is 1.62. The largest absolute Gasteiger partial charge is 0.465 e. The van der Waals surface area contributed by atoms with Crippen LogP contribution in [0.1, 0.15) is 28.3 Å². The van der Waals surface area contributed by atoms with Crippen molar-refractivity contribution in [1.82, 2.24) is 0 Å². The molecule has 0 aliphatic rings. The number of aliphatic hydroxyl groups is 1. The Morgan fingerprint density at radius 3 is 2.83 bits per heavy atom. The van der Waals surface area contributed by atoms with Crippen LogP contribution in [0.4, 0.5) is 0 Å². The number of hydrogen-bond donors (Lipinski definition) is 1. The van der Waals surface area contributed by atoms with Crippen LogP contribution in [0.25, 0.3) is 0 Å². The molecule has 66 valence electrons. The number of thiophene rings is 1. The fraction of sp³-hybridized carbons (Fsp3) is 0.375. The van der Waals surface area contributed by atoms with E-state index in [1.807, 2.05) is 0 Å². The fourth-order valence-electron chi connectivity index (χ4n) is 0.797. The van der Waals surface area contributed by atoms with Gasteiger partial charge in [0.1, 0.15) is 0 Å². The van der Waals surface area contributed by atoms with Crippen LogP contribution < -0.4 is 0 Å². The van der Waals surface area contributed by atoms with Crippen LogP contribution in [0, 0.1) is 0 Å². The van der Waals surface area contributed by atoms with Gasteiger partial charge < -0.3 is 9.84 Å². The second kappa shape index (κ2) is 3.69. The van der Waals surface area contributed by atoms with Gasteiger partial charge in [-0.3, -0.25) is 0 Å². The van der Waals surface area contributed by atoms with E-state index >= 15 is 0 Å². The molecule has 4 heteroatoms. The van der Waals surface area contributed by atoms with Crippen LogP contribution in [-0.4, -0.2) is 18.2 Å². The van der Waals surface area contributed by atoms with Gasteiger partial charge in [-0.15, -0.1) is 11.3 Å². The molecular formula is C8H10O3S. The molecule has 0 saturated heterocycles. The molecule has 0 aliphatic heterocycles. The first-order valence-corrected chi connectivity index (χ1v) is 4.38. The molecule has 0 saturated carbocycles. The van der Waals surface area contributed by atoms with Crippen molar-refractivity contribution in [1.29, 1.82) is 0 Å². The minimum absolute atomic E-state index is 0.363. The number of rotatable bonds is 2. The summed E-state index contributed by atoms with van der Waals surface area (Å²) in [6.45, 7) is 1.66. The molecular weight excluding hydrogens is 176 g/mol. The normalized spacial score (nSPS) is 12.6. The van der Waals surface area contributed by atoms with Crippen molar-refractivity contribution in [2.45, 2.75) is 13.0 Å². The van der Waals surface area contributed by atoms with Gasteiger partial charge in [-0.2, -0.15) is 0 Å². The van der Waals surface area contributed by atoms with Crippen LogP contribution in [0.2, 0.25) is 0 Å². The van der Waals surface area contributed by atoms with Gasteiger partial charge in [-0.25, -0.2) is 4.79 Å². The Morgan fingerprint density at radius 1 is 1.75 bits per heavy atom. The van der Waals surface area contributed by atoms with Crippen molar-refractivity contribution in [2.75, 3.05) is 7.11 Å². The lowest BCUT2D eigenvalue weighted by Gasteiger charge is -1.96. The van der Waals surface area contributed by atoms with E-state index in [0.717, 1.165) is 4.88 Å². The molecule has 1 atom stereocenters. The van der Waals surface area contributed by atoms with Crippen molar-refractivity contribution in [3.63, 3.8) is 0 Å². The summed E-state index contributed by atoms with van der Waals surface area (Å²) >= 11 is 1.35. The first-order chi connectivity index (χ1) is 5.65. The minimum atomic E-state index is -0.520. The molecule has 1 heterocycles.